The van der Waals surface area contributed by atoms with Gasteiger partial charge in [-0.3, -0.25) is 0 Å². The number of nitrogens with one attached hydrogen (secondary N) is 1. The minimum absolute atomic E-state index is 0.0597. The zero-order valence-electron chi connectivity index (χ0n) is 26.4. The second kappa shape index (κ2) is 12.6. The lowest BCUT2D eigenvalue weighted by Gasteiger charge is -2.24. The van der Waals surface area contributed by atoms with Gasteiger partial charge in [0.15, 0.2) is 0 Å². The van der Waals surface area contributed by atoms with E-state index in [1.165, 1.54) is 17.8 Å². The average Bonchev–Trinajstić information content (AvgIpc) is 3.34. The summed E-state index contributed by atoms with van der Waals surface area (Å²) in [7, 11) is 0. The Morgan fingerprint density at radius 1 is 0.889 bits per heavy atom. The van der Waals surface area contributed by atoms with Crippen LogP contribution in [0.2, 0.25) is 0 Å². The molecular weight excluding hydrogens is 589 g/mol. The van der Waals surface area contributed by atoms with Crippen LogP contribution in [0.3, 0.4) is 0 Å². The normalized spacial score (nSPS) is 12.8. The highest BCUT2D eigenvalue weighted by molar-refractivity contribution is 7.98. The molecule has 0 aliphatic heterocycles. The lowest BCUT2D eigenvalue weighted by Crippen LogP contribution is -2.44. The van der Waals surface area contributed by atoms with E-state index >= 15 is 4.39 Å². The molecule has 0 fully saturated rings. The third-order valence-electron chi connectivity index (χ3n) is 7.44. The smallest absolute Gasteiger partial charge is 0.408 e. The molecule has 1 aromatic heterocycles. The van der Waals surface area contributed by atoms with Crippen molar-refractivity contribution in [2.45, 2.75) is 64.4 Å². The molecule has 0 radical (unpaired) electrons. The number of hydrogen-bond donors (Lipinski definition) is 2. The third-order valence-corrected chi connectivity index (χ3v) is 8.52. The van der Waals surface area contributed by atoms with E-state index in [1.807, 2.05) is 30.3 Å². The summed E-state index contributed by atoms with van der Waals surface area (Å²) in [6.07, 6.45) is -0.805. The Bertz CT molecular complexity index is 1880. The van der Waals surface area contributed by atoms with Crippen LogP contribution >= 0.6 is 11.8 Å². The summed E-state index contributed by atoms with van der Waals surface area (Å²) in [6, 6.07) is 24.4. The fourth-order valence-electron chi connectivity index (χ4n) is 5.29. The van der Waals surface area contributed by atoms with E-state index in [4.69, 9.17) is 9.15 Å². The number of aliphatic carboxylic acids is 1. The molecule has 1 unspecified atom stereocenters. The molecule has 1 amide bonds. The molecule has 0 aliphatic carbocycles. The maximum atomic E-state index is 15.3. The van der Waals surface area contributed by atoms with Gasteiger partial charge in [-0.15, -0.1) is 0 Å². The molecule has 1 atom stereocenters. The van der Waals surface area contributed by atoms with Gasteiger partial charge in [0.1, 0.15) is 28.6 Å². The van der Waals surface area contributed by atoms with E-state index in [9.17, 15) is 14.7 Å². The van der Waals surface area contributed by atoms with E-state index in [0.29, 0.717) is 5.56 Å². The Hall–Kier alpha value is -4.30. The number of carbonyl (C=O) groups is 2. The van der Waals surface area contributed by atoms with Crippen molar-refractivity contribution >= 4 is 45.8 Å². The minimum atomic E-state index is -1.18. The summed E-state index contributed by atoms with van der Waals surface area (Å²) in [6.45, 7) is 11.6. The van der Waals surface area contributed by atoms with Gasteiger partial charge in [0.05, 0.1) is 0 Å². The fourth-order valence-corrected chi connectivity index (χ4v) is 6.33. The van der Waals surface area contributed by atoms with Crippen LogP contribution in [0.25, 0.3) is 44.2 Å². The Morgan fingerprint density at radius 3 is 2.27 bits per heavy atom. The molecule has 2 N–H and O–H groups in total. The molecule has 234 valence electrons. The lowest BCUT2D eigenvalue weighted by atomic mass is 9.80. The summed E-state index contributed by atoms with van der Waals surface area (Å²) >= 11 is 1.23. The zero-order valence-corrected chi connectivity index (χ0v) is 27.2. The SMILES string of the molecule is CC(C)(C)OC(=O)NC(CSCc1ccc(-c2ccc(-c3cccc4c3oc3ccccc34)c(C(C)(C)C)c2)cc1F)C(=O)O. The topological polar surface area (TPSA) is 88.8 Å². The first-order valence-electron chi connectivity index (χ1n) is 14.9. The molecular formula is C37H38FNO5S. The molecule has 6 nitrogen and oxygen atoms in total. The fraction of sp³-hybridized carbons (Fsp3) is 0.297. The molecule has 0 bridgehead atoms. The highest BCUT2D eigenvalue weighted by Gasteiger charge is 2.25. The quantitative estimate of drug-likeness (QED) is 0.178. The number of hydrogen-bond acceptors (Lipinski definition) is 5. The van der Waals surface area contributed by atoms with Gasteiger partial charge >= 0.3 is 12.1 Å². The number of carbonyl (C=O) groups excluding carboxylic acids is 1. The van der Waals surface area contributed by atoms with Gasteiger partial charge in [0.2, 0.25) is 0 Å². The molecule has 0 saturated carbocycles. The monoisotopic (exact) mass is 627 g/mol. The van der Waals surface area contributed by atoms with Crippen molar-refractivity contribution in [3.05, 3.63) is 95.8 Å². The number of halogens is 1. The van der Waals surface area contributed by atoms with Crippen LogP contribution in [0, 0.1) is 5.82 Å². The van der Waals surface area contributed by atoms with Crippen molar-refractivity contribution in [3.63, 3.8) is 0 Å². The summed E-state index contributed by atoms with van der Waals surface area (Å²) in [5, 5.41) is 14.0. The zero-order chi connectivity index (χ0) is 32.5. The Kier molecular flexibility index (Phi) is 8.99. The van der Waals surface area contributed by atoms with Crippen molar-refractivity contribution in [3.8, 4) is 22.3 Å². The Labute approximate surface area is 267 Å². The first kappa shape index (κ1) is 32.1. The van der Waals surface area contributed by atoms with E-state index in [0.717, 1.165) is 49.8 Å². The van der Waals surface area contributed by atoms with Crippen LogP contribution in [-0.2, 0) is 20.7 Å². The van der Waals surface area contributed by atoms with Crippen LogP contribution < -0.4 is 5.32 Å². The number of benzene rings is 4. The predicted octanol–water partition coefficient (Wildman–Crippen LogP) is 9.57. The molecule has 1 heterocycles. The van der Waals surface area contributed by atoms with Gasteiger partial charge < -0.3 is 19.6 Å². The first-order valence-corrected chi connectivity index (χ1v) is 16.0. The summed E-state index contributed by atoms with van der Waals surface area (Å²) in [4.78, 5) is 23.7. The average molecular weight is 628 g/mol. The number of fused-ring (bicyclic) bond motifs is 3. The highest BCUT2D eigenvalue weighted by Crippen LogP contribution is 2.41. The molecule has 0 aliphatic rings. The predicted molar refractivity (Wildman–Crippen MR) is 180 cm³/mol. The summed E-state index contributed by atoms with van der Waals surface area (Å²) in [5.74, 6) is -1.25. The molecule has 8 heteroatoms. The van der Waals surface area contributed by atoms with Crippen LogP contribution in [0.4, 0.5) is 9.18 Å². The van der Waals surface area contributed by atoms with E-state index < -0.39 is 23.7 Å². The third kappa shape index (κ3) is 7.34. The standard InChI is InChI=1S/C37H38FNO5S/c1-36(2,3)29-18-22(16-17-25(29)27-11-9-12-28-26-10-7-8-13-32(26)43-33(27)28)23-14-15-24(30(38)19-23)20-45-21-31(34(40)41)39-35(42)44-37(4,5)6/h7-19,31H,20-21H2,1-6H3,(H,39,42)(H,40,41). The maximum absolute atomic E-state index is 15.3. The van der Waals surface area contributed by atoms with Gasteiger partial charge in [-0.1, -0.05) is 87.5 Å². The lowest BCUT2D eigenvalue weighted by molar-refractivity contribution is -0.138. The second-order valence-electron chi connectivity index (χ2n) is 13.1. The van der Waals surface area contributed by atoms with Crippen molar-refractivity contribution in [2.24, 2.45) is 0 Å². The van der Waals surface area contributed by atoms with E-state index in [2.05, 4.69) is 62.5 Å². The highest BCUT2D eigenvalue weighted by atomic mass is 32.2. The maximum Gasteiger partial charge on any atom is 0.408 e. The van der Waals surface area contributed by atoms with Crippen molar-refractivity contribution in [2.75, 3.05) is 5.75 Å². The molecule has 5 aromatic rings. The number of rotatable bonds is 8. The number of furan rings is 1. The largest absolute Gasteiger partial charge is 0.480 e. The number of amides is 1. The molecule has 45 heavy (non-hydrogen) atoms. The van der Waals surface area contributed by atoms with Crippen LogP contribution in [0.5, 0.6) is 0 Å². The number of alkyl carbamates (subject to hydrolysis) is 1. The molecule has 0 saturated heterocycles. The Morgan fingerprint density at radius 2 is 1.58 bits per heavy atom. The van der Waals surface area contributed by atoms with Crippen LogP contribution in [0.15, 0.2) is 83.3 Å². The summed E-state index contributed by atoms with van der Waals surface area (Å²) < 4.78 is 26.8. The van der Waals surface area contributed by atoms with Crippen molar-refractivity contribution in [1.82, 2.24) is 5.32 Å². The van der Waals surface area contributed by atoms with Crippen molar-refractivity contribution < 1.29 is 28.2 Å². The first-order chi connectivity index (χ1) is 21.2. The molecule has 5 rings (SSSR count). The number of carboxylic acid groups (broad SMARTS) is 1. The van der Waals surface area contributed by atoms with E-state index in [-0.39, 0.29) is 22.7 Å². The van der Waals surface area contributed by atoms with Gasteiger partial charge in [0, 0.05) is 27.8 Å². The van der Waals surface area contributed by atoms with Crippen LogP contribution in [-0.4, -0.2) is 34.6 Å². The minimum Gasteiger partial charge on any atom is -0.480 e. The van der Waals surface area contributed by atoms with Gasteiger partial charge in [-0.05, 0) is 66.1 Å². The number of carboxylic acids is 1. The number of thioether (sulfide) groups is 1. The molecule has 4 aromatic carbocycles. The van der Waals surface area contributed by atoms with Crippen LogP contribution in [0.1, 0.15) is 52.7 Å². The molecule has 0 spiro atoms. The Balaban J connectivity index is 1.37. The number of ether oxygens (including phenoxy) is 1. The van der Waals surface area contributed by atoms with Gasteiger partial charge in [-0.2, -0.15) is 11.8 Å². The number of para-hydroxylation sites is 2. The van der Waals surface area contributed by atoms with Gasteiger partial charge in [-0.25, -0.2) is 14.0 Å². The van der Waals surface area contributed by atoms with E-state index in [1.54, 1.807) is 26.8 Å². The second-order valence-corrected chi connectivity index (χ2v) is 14.2. The van der Waals surface area contributed by atoms with Gasteiger partial charge in [0.25, 0.3) is 0 Å². The summed E-state index contributed by atoms with van der Waals surface area (Å²) in [5.41, 5.74) is 6.03. The van der Waals surface area contributed by atoms with Crippen molar-refractivity contribution in [1.29, 1.82) is 0 Å².